The summed E-state index contributed by atoms with van der Waals surface area (Å²) in [4.78, 5) is 30.1. The molecule has 5 heteroatoms. The molecule has 0 saturated heterocycles. The Morgan fingerprint density at radius 3 is 2.00 bits per heavy atom. The van der Waals surface area contributed by atoms with Gasteiger partial charge in [0.05, 0.1) is 17.8 Å². The summed E-state index contributed by atoms with van der Waals surface area (Å²) in [6.07, 6.45) is 0. The van der Waals surface area contributed by atoms with Gasteiger partial charge in [0.15, 0.2) is 0 Å². The highest BCUT2D eigenvalue weighted by atomic mass is 79.9. The number of para-hydroxylation sites is 1. The zero-order valence-corrected chi connectivity index (χ0v) is 18.8. The van der Waals surface area contributed by atoms with Gasteiger partial charge in [0.25, 0.3) is 11.8 Å². The smallest absolute Gasteiger partial charge is 0.258 e. The number of hydrogen-bond acceptors (Lipinski definition) is 2. The summed E-state index contributed by atoms with van der Waals surface area (Å²) >= 11 is 3.45. The number of carbonyl (C=O) groups is 2. The van der Waals surface area contributed by atoms with Crippen LogP contribution in [0.25, 0.3) is 0 Å². The van der Waals surface area contributed by atoms with Gasteiger partial charge < -0.3 is 9.80 Å². The fraction of sp³-hybridized carbons (Fsp3) is 0.200. The van der Waals surface area contributed by atoms with E-state index in [1.807, 2.05) is 74.5 Å². The van der Waals surface area contributed by atoms with E-state index in [4.69, 9.17) is 0 Å². The highest BCUT2D eigenvalue weighted by Gasteiger charge is 2.24. The van der Waals surface area contributed by atoms with E-state index in [1.165, 1.54) is 0 Å². The molecule has 3 aromatic rings. The minimum atomic E-state index is -0.140. The molecule has 4 nitrogen and oxygen atoms in total. The van der Waals surface area contributed by atoms with Crippen molar-refractivity contribution < 1.29 is 9.59 Å². The van der Waals surface area contributed by atoms with Crippen molar-refractivity contribution in [2.75, 3.05) is 18.0 Å². The van der Waals surface area contributed by atoms with Crippen LogP contribution in [-0.2, 0) is 6.54 Å². The molecule has 0 atom stereocenters. The molecule has 154 valence electrons. The standard InChI is InChI=1S/C25H25BrN2O2/c1-3-27(4-2)25(30)22-12-8-9-13-23(22)28(18-19-14-16-21(26)17-15-19)24(29)20-10-6-5-7-11-20/h5-17H,3-4,18H2,1-2H3. The summed E-state index contributed by atoms with van der Waals surface area (Å²) in [7, 11) is 0. The number of rotatable bonds is 7. The fourth-order valence-electron chi connectivity index (χ4n) is 3.35. The zero-order chi connectivity index (χ0) is 21.5. The second kappa shape index (κ2) is 10.2. The normalized spacial score (nSPS) is 10.5. The Bertz CT molecular complexity index is 999. The summed E-state index contributed by atoms with van der Waals surface area (Å²) in [5.41, 5.74) is 2.71. The molecule has 0 bridgehead atoms. The molecule has 0 unspecified atom stereocenters. The van der Waals surface area contributed by atoms with Gasteiger partial charge in [0.1, 0.15) is 0 Å². The Balaban J connectivity index is 2.07. The topological polar surface area (TPSA) is 40.6 Å². The van der Waals surface area contributed by atoms with Crippen LogP contribution >= 0.6 is 15.9 Å². The van der Waals surface area contributed by atoms with Crippen molar-refractivity contribution in [1.82, 2.24) is 4.90 Å². The molecule has 0 spiro atoms. The van der Waals surface area contributed by atoms with Crippen LogP contribution < -0.4 is 4.90 Å². The Hall–Kier alpha value is -2.92. The van der Waals surface area contributed by atoms with Gasteiger partial charge in [-0.1, -0.05) is 58.4 Å². The van der Waals surface area contributed by atoms with E-state index in [1.54, 1.807) is 28.0 Å². The lowest BCUT2D eigenvalue weighted by Gasteiger charge is -2.27. The summed E-state index contributed by atoms with van der Waals surface area (Å²) in [5, 5.41) is 0. The number of hydrogen-bond donors (Lipinski definition) is 0. The minimum Gasteiger partial charge on any atom is -0.339 e. The molecule has 0 saturated carbocycles. The van der Waals surface area contributed by atoms with E-state index in [-0.39, 0.29) is 11.8 Å². The first-order valence-electron chi connectivity index (χ1n) is 10.0. The molecule has 0 aliphatic rings. The molecule has 30 heavy (non-hydrogen) atoms. The number of nitrogens with zero attached hydrogens (tertiary/aromatic N) is 2. The van der Waals surface area contributed by atoms with E-state index in [2.05, 4.69) is 15.9 Å². The van der Waals surface area contributed by atoms with E-state index >= 15 is 0 Å². The first kappa shape index (κ1) is 21.8. The minimum absolute atomic E-state index is 0.0720. The third-order valence-corrected chi connectivity index (χ3v) is 5.52. The first-order chi connectivity index (χ1) is 14.5. The summed E-state index contributed by atoms with van der Waals surface area (Å²) < 4.78 is 0.976. The lowest BCUT2D eigenvalue weighted by Crippen LogP contribution is -2.35. The highest BCUT2D eigenvalue weighted by molar-refractivity contribution is 9.10. The number of benzene rings is 3. The van der Waals surface area contributed by atoms with Gasteiger partial charge in [0.2, 0.25) is 0 Å². The van der Waals surface area contributed by atoms with Crippen LogP contribution in [0.2, 0.25) is 0 Å². The van der Waals surface area contributed by atoms with E-state index < -0.39 is 0 Å². The van der Waals surface area contributed by atoms with Gasteiger partial charge in [-0.3, -0.25) is 9.59 Å². The number of halogens is 1. The van der Waals surface area contributed by atoms with Crippen molar-refractivity contribution in [3.05, 3.63) is 100 Å². The van der Waals surface area contributed by atoms with Crippen molar-refractivity contribution in [1.29, 1.82) is 0 Å². The number of amides is 2. The van der Waals surface area contributed by atoms with E-state index in [0.29, 0.717) is 36.4 Å². The molecule has 0 heterocycles. The summed E-state index contributed by atoms with van der Waals surface area (Å²) in [6, 6.07) is 24.4. The molecule has 0 aliphatic carbocycles. The van der Waals surface area contributed by atoms with Crippen LogP contribution in [-0.4, -0.2) is 29.8 Å². The second-order valence-electron chi connectivity index (χ2n) is 6.88. The Kier molecular flexibility index (Phi) is 7.41. The molecule has 0 aromatic heterocycles. The maximum Gasteiger partial charge on any atom is 0.258 e. The molecule has 0 N–H and O–H groups in total. The zero-order valence-electron chi connectivity index (χ0n) is 17.2. The second-order valence-corrected chi connectivity index (χ2v) is 7.79. The van der Waals surface area contributed by atoms with Crippen LogP contribution in [0.15, 0.2) is 83.3 Å². The predicted molar refractivity (Wildman–Crippen MR) is 125 cm³/mol. The fourth-order valence-corrected chi connectivity index (χ4v) is 3.61. The molecular formula is C25H25BrN2O2. The van der Waals surface area contributed by atoms with Gasteiger partial charge in [-0.25, -0.2) is 0 Å². The Morgan fingerprint density at radius 1 is 0.767 bits per heavy atom. The molecule has 2 amide bonds. The Morgan fingerprint density at radius 2 is 1.37 bits per heavy atom. The van der Waals surface area contributed by atoms with E-state index in [9.17, 15) is 9.59 Å². The summed E-state index contributed by atoms with van der Waals surface area (Å²) in [5.74, 6) is -0.212. The van der Waals surface area contributed by atoms with Crippen molar-refractivity contribution in [3.8, 4) is 0 Å². The van der Waals surface area contributed by atoms with Gasteiger partial charge >= 0.3 is 0 Å². The molecule has 3 rings (SSSR count). The maximum atomic E-state index is 13.5. The van der Waals surface area contributed by atoms with Crippen LogP contribution in [0.5, 0.6) is 0 Å². The molecule has 0 radical (unpaired) electrons. The SMILES string of the molecule is CCN(CC)C(=O)c1ccccc1N(Cc1ccc(Br)cc1)C(=O)c1ccccc1. The number of carbonyl (C=O) groups excluding carboxylic acids is 2. The van der Waals surface area contributed by atoms with Gasteiger partial charge in [-0.2, -0.15) is 0 Å². The molecule has 0 aliphatic heterocycles. The maximum absolute atomic E-state index is 13.5. The van der Waals surface area contributed by atoms with Crippen molar-refractivity contribution >= 4 is 33.4 Å². The lowest BCUT2D eigenvalue weighted by molar-refractivity contribution is 0.0773. The average molecular weight is 465 g/mol. The van der Waals surface area contributed by atoms with Gasteiger partial charge in [-0.15, -0.1) is 0 Å². The first-order valence-corrected chi connectivity index (χ1v) is 10.8. The average Bonchev–Trinajstić information content (AvgIpc) is 2.79. The Labute approximate surface area is 186 Å². The van der Waals surface area contributed by atoms with Crippen LogP contribution in [0.4, 0.5) is 5.69 Å². The van der Waals surface area contributed by atoms with Gasteiger partial charge in [-0.05, 0) is 55.8 Å². The molecule has 0 fully saturated rings. The summed E-state index contributed by atoms with van der Waals surface area (Å²) in [6.45, 7) is 5.51. The predicted octanol–water partition coefficient (Wildman–Crippen LogP) is 5.78. The third-order valence-electron chi connectivity index (χ3n) is 5.00. The number of anilines is 1. The molecular weight excluding hydrogens is 440 g/mol. The van der Waals surface area contributed by atoms with Crippen molar-refractivity contribution in [3.63, 3.8) is 0 Å². The van der Waals surface area contributed by atoms with Crippen LogP contribution in [0, 0.1) is 0 Å². The monoisotopic (exact) mass is 464 g/mol. The van der Waals surface area contributed by atoms with E-state index in [0.717, 1.165) is 10.0 Å². The third kappa shape index (κ3) is 4.97. The lowest BCUT2D eigenvalue weighted by atomic mass is 10.1. The molecule has 3 aromatic carbocycles. The highest BCUT2D eigenvalue weighted by Crippen LogP contribution is 2.26. The quantitative estimate of drug-likeness (QED) is 0.444. The van der Waals surface area contributed by atoms with Gasteiger partial charge in [0, 0.05) is 23.1 Å². The largest absolute Gasteiger partial charge is 0.339 e. The van der Waals surface area contributed by atoms with Crippen LogP contribution in [0.1, 0.15) is 40.1 Å². The van der Waals surface area contributed by atoms with Crippen LogP contribution in [0.3, 0.4) is 0 Å². The van der Waals surface area contributed by atoms with Crippen molar-refractivity contribution in [2.45, 2.75) is 20.4 Å². The van der Waals surface area contributed by atoms with Crippen molar-refractivity contribution in [2.24, 2.45) is 0 Å².